The third kappa shape index (κ3) is 4.63. The number of hydrogen-bond donors (Lipinski definition) is 2. The van der Waals surface area contributed by atoms with E-state index in [1.54, 1.807) is 13.0 Å². The van der Waals surface area contributed by atoms with Crippen molar-refractivity contribution >= 4 is 10.0 Å². The SMILES string of the molecule is CCC(C#N)S(=O)(=O)N[C@@H](CO)Cc1ccccc1. The van der Waals surface area contributed by atoms with Gasteiger partial charge in [0.15, 0.2) is 5.25 Å². The van der Waals surface area contributed by atoms with Crippen LogP contribution in [0.25, 0.3) is 0 Å². The Hall–Kier alpha value is -1.42. The van der Waals surface area contributed by atoms with Crippen LogP contribution >= 0.6 is 0 Å². The lowest BCUT2D eigenvalue weighted by Gasteiger charge is -2.18. The molecule has 0 aliphatic heterocycles. The van der Waals surface area contributed by atoms with Gasteiger partial charge in [-0.3, -0.25) is 0 Å². The van der Waals surface area contributed by atoms with Crippen LogP contribution in [0, 0.1) is 11.3 Å². The predicted octanol–water partition coefficient (Wildman–Crippen LogP) is 0.812. The Bertz CT molecular complexity index is 523. The summed E-state index contributed by atoms with van der Waals surface area (Å²) in [6.07, 6.45) is 0.605. The molecular formula is C13H18N2O3S. The predicted molar refractivity (Wildman–Crippen MR) is 72.8 cm³/mol. The van der Waals surface area contributed by atoms with Gasteiger partial charge >= 0.3 is 0 Å². The van der Waals surface area contributed by atoms with E-state index in [4.69, 9.17) is 5.26 Å². The molecule has 0 heterocycles. The van der Waals surface area contributed by atoms with Crippen LogP contribution in [0.15, 0.2) is 30.3 Å². The summed E-state index contributed by atoms with van der Waals surface area (Å²) >= 11 is 0. The fourth-order valence-corrected chi connectivity index (χ4v) is 3.10. The van der Waals surface area contributed by atoms with Gasteiger partial charge in [-0.15, -0.1) is 0 Å². The second-order valence-electron chi connectivity index (χ2n) is 4.26. The number of benzene rings is 1. The van der Waals surface area contributed by atoms with E-state index in [1.807, 2.05) is 30.3 Å². The van der Waals surface area contributed by atoms with Crippen LogP contribution in [-0.2, 0) is 16.4 Å². The summed E-state index contributed by atoms with van der Waals surface area (Å²) in [6, 6.07) is 10.4. The zero-order valence-electron chi connectivity index (χ0n) is 10.8. The third-order valence-corrected chi connectivity index (χ3v) is 4.62. The van der Waals surface area contributed by atoms with Gasteiger partial charge in [0, 0.05) is 6.04 Å². The Kier molecular flexibility index (Phi) is 5.96. The van der Waals surface area contributed by atoms with Crippen molar-refractivity contribution in [2.24, 2.45) is 0 Å². The van der Waals surface area contributed by atoms with Crippen molar-refractivity contribution < 1.29 is 13.5 Å². The van der Waals surface area contributed by atoms with E-state index in [9.17, 15) is 13.5 Å². The van der Waals surface area contributed by atoms with E-state index in [0.717, 1.165) is 5.56 Å². The van der Waals surface area contributed by atoms with E-state index < -0.39 is 21.3 Å². The second kappa shape index (κ2) is 7.24. The molecule has 0 spiro atoms. The summed E-state index contributed by atoms with van der Waals surface area (Å²) in [7, 11) is -3.73. The topological polar surface area (TPSA) is 90.2 Å². The molecule has 0 saturated carbocycles. The number of nitrogens with zero attached hydrogens (tertiary/aromatic N) is 1. The van der Waals surface area contributed by atoms with Gasteiger partial charge in [0.1, 0.15) is 0 Å². The van der Waals surface area contributed by atoms with Crippen LogP contribution in [0.5, 0.6) is 0 Å². The molecule has 0 aromatic heterocycles. The lowest BCUT2D eigenvalue weighted by Crippen LogP contribution is -2.43. The summed E-state index contributed by atoms with van der Waals surface area (Å²) < 4.78 is 26.2. The summed E-state index contributed by atoms with van der Waals surface area (Å²) in [6.45, 7) is 1.33. The van der Waals surface area contributed by atoms with Gasteiger partial charge in [-0.05, 0) is 18.4 Å². The molecule has 1 unspecified atom stereocenters. The number of sulfonamides is 1. The molecule has 6 heteroatoms. The summed E-state index contributed by atoms with van der Waals surface area (Å²) in [5.41, 5.74) is 0.925. The van der Waals surface area contributed by atoms with Crippen molar-refractivity contribution in [2.75, 3.05) is 6.61 Å². The van der Waals surface area contributed by atoms with Crippen LogP contribution in [-0.4, -0.2) is 31.4 Å². The molecule has 0 bridgehead atoms. The van der Waals surface area contributed by atoms with E-state index in [0.29, 0.717) is 6.42 Å². The zero-order valence-corrected chi connectivity index (χ0v) is 11.6. The molecule has 104 valence electrons. The fraction of sp³-hybridized carbons (Fsp3) is 0.462. The van der Waals surface area contributed by atoms with Gasteiger partial charge in [0.05, 0.1) is 12.7 Å². The van der Waals surface area contributed by atoms with Crippen LogP contribution in [0.4, 0.5) is 0 Å². The standard InChI is InChI=1S/C13H18N2O3S/c1-2-13(9-14)19(17,18)15-12(10-16)8-11-6-4-3-5-7-11/h3-7,12-13,15-16H,2,8,10H2,1H3/t12-,13?/m1/s1. The Morgan fingerprint density at radius 2 is 2.00 bits per heavy atom. The van der Waals surface area contributed by atoms with Gasteiger partial charge in [-0.1, -0.05) is 37.3 Å². The summed E-state index contributed by atoms with van der Waals surface area (Å²) in [5, 5.41) is 17.0. The highest BCUT2D eigenvalue weighted by atomic mass is 32.2. The second-order valence-corrected chi connectivity index (χ2v) is 6.15. The number of rotatable bonds is 7. The lowest BCUT2D eigenvalue weighted by molar-refractivity contribution is 0.256. The lowest BCUT2D eigenvalue weighted by atomic mass is 10.1. The number of aliphatic hydroxyl groups excluding tert-OH is 1. The summed E-state index contributed by atoms with van der Waals surface area (Å²) in [5.74, 6) is 0. The van der Waals surface area contributed by atoms with E-state index in [-0.39, 0.29) is 13.0 Å². The van der Waals surface area contributed by atoms with Crippen molar-refractivity contribution in [1.82, 2.24) is 4.72 Å². The van der Waals surface area contributed by atoms with Crippen LogP contribution < -0.4 is 4.72 Å². The number of aliphatic hydroxyl groups is 1. The molecule has 0 saturated heterocycles. The Morgan fingerprint density at radius 3 is 2.47 bits per heavy atom. The number of nitrogens with one attached hydrogen (secondary N) is 1. The molecule has 19 heavy (non-hydrogen) atoms. The van der Waals surface area contributed by atoms with Crippen molar-refractivity contribution in [3.63, 3.8) is 0 Å². The monoisotopic (exact) mass is 282 g/mol. The minimum atomic E-state index is -3.73. The van der Waals surface area contributed by atoms with Gasteiger partial charge in [-0.2, -0.15) is 5.26 Å². The molecule has 5 nitrogen and oxygen atoms in total. The molecule has 2 atom stereocenters. The number of hydrogen-bond acceptors (Lipinski definition) is 4. The quantitative estimate of drug-likeness (QED) is 0.774. The van der Waals surface area contributed by atoms with Gasteiger partial charge in [0.2, 0.25) is 10.0 Å². The van der Waals surface area contributed by atoms with Crippen LogP contribution in [0.3, 0.4) is 0 Å². The average Bonchev–Trinajstić information content (AvgIpc) is 2.40. The van der Waals surface area contributed by atoms with Gasteiger partial charge in [-0.25, -0.2) is 13.1 Å². The normalized spacial score (nSPS) is 14.6. The fourth-order valence-electron chi connectivity index (χ4n) is 1.74. The molecule has 0 aliphatic rings. The van der Waals surface area contributed by atoms with Gasteiger partial charge in [0.25, 0.3) is 0 Å². The van der Waals surface area contributed by atoms with Crippen LogP contribution in [0.1, 0.15) is 18.9 Å². The molecular weight excluding hydrogens is 264 g/mol. The molecule has 1 rings (SSSR count). The van der Waals surface area contributed by atoms with Crippen molar-refractivity contribution in [3.8, 4) is 6.07 Å². The maximum Gasteiger partial charge on any atom is 0.228 e. The first-order valence-corrected chi connectivity index (χ1v) is 7.63. The van der Waals surface area contributed by atoms with Crippen molar-refractivity contribution in [2.45, 2.75) is 31.1 Å². The minimum Gasteiger partial charge on any atom is -0.395 e. The highest BCUT2D eigenvalue weighted by Gasteiger charge is 2.26. The van der Waals surface area contributed by atoms with Gasteiger partial charge < -0.3 is 5.11 Å². The van der Waals surface area contributed by atoms with Crippen molar-refractivity contribution in [3.05, 3.63) is 35.9 Å². The zero-order chi connectivity index (χ0) is 14.3. The first-order valence-electron chi connectivity index (χ1n) is 6.09. The Morgan fingerprint density at radius 1 is 1.37 bits per heavy atom. The van der Waals surface area contributed by atoms with E-state index in [1.165, 1.54) is 0 Å². The molecule has 0 amide bonds. The first kappa shape index (κ1) is 15.6. The Labute approximate surface area is 113 Å². The van der Waals surface area contributed by atoms with Crippen LogP contribution in [0.2, 0.25) is 0 Å². The smallest absolute Gasteiger partial charge is 0.228 e. The molecule has 1 aromatic carbocycles. The highest BCUT2D eigenvalue weighted by Crippen LogP contribution is 2.08. The molecule has 1 aromatic rings. The van der Waals surface area contributed by atoms with E-state index >= 15 is 0 Å². The molecule has 0 aliphatic carbocycles. The first-order chi connectivity index (χ1) is 9.03. The minimum absolute atomic E-state index is 0.218. The molecule has 2 N–H and O–H groups in total. The Balaban J connectivity index is 2.75. The third-order valence-electron chi connectivity index (χ3n) is 2.77. The summed E-state index contributed by atoms with van der Waals surface area (Å²) in [4.78, 5) is 0. The van der Waals surface area contributed by atoms with Crippen molar-refractivity contribution in [1.29, 1.82) is 5.26 Å². The maximum atomic E-state index is 11.9. The highest BCUT2D eigenvalue weighted by molar-refractivity contribution is 7.90. The average molecular weight is 282 g/mol. The molecule has 0 radical (unpaired) electrons. The molecule has 0 fully saturated rings. The number of nitriles is 1. The maximum absolute atomic E-state index is 11.9. The largest absolute Gasteiger partial charge is 0.395 e. The van der Waals surface area contributed by atoms with E-state index in [2.05, 4.69) is 4.72 Å².